The zero-order valence-corrected chi connectivity index (χ0v) is 11.4. The maximum Gasteiger partial charge on any atom is 0.334 e. The van der Waals surface area contributed by atoms with E-state index >= 15 is 0 Å². The lowest BCUT2D eigenvalue weighted by atomic mass is 9.53. The Hall–Kier alpha value is -0.830. The third-order valence-electron chi connectivity index (χ3n) is 5.85. The third-order valence-corrected chi connectivity index (χ3v) is 5.85. The normalized spacial score (nSPS) is 47.7. The predicted octanol–water partition coefficient (Wildman–Crippen LogP) is 2.44. The van der Waals surface area contributed by atoms with Gasteiger partial charge >= 0.3 is 5.97 Å². The van der Waals surface area contributed by atoms with Crippen LogP contribution in [0.25, 0.3) is 0 Å². The highest BCUT2D eigenvalue weighted by Crippen LogP contribution is 2.56. The number of hydrogen-bond donors (Lipinski definition) is 1. The number of rotatable bonds is 0. The van der Waals surface area contributed by atoms with E-state index < -0.39 is 6.10 Å². The predicted molar refractivity (Wildman–Crippen MR) is 67.8 cm³/mol. The Labute approximate surface area is 108 Å². The Bertz CT molecular complexity index is 425. The van der Waals surface area contributed by atoms with Crippen LogP contribution < -0.4 is 0 Å². The summed E-state index contributed by atoms with van der Waals surface area (Å²) < 4.78 is 5.40. The van der Waals surface area contributed by atoms with Crippen molar-refractivity contribution in [1.29, 1.82) is 0 Å². The van der Waals surface area contributed by atoms with Crippen LogP contribution in [0, 0.1) is 17.3 Å². The minimum absolute atomic E-state index is 0.0840. The fourth-order valence-electron chi connectivity index (χ4n) is 4.35. The zero-order valence-electron chi connectivity index (χ0n) is 11.4. The van der Waals surface area contributed by atoms with Crippen molar-refractivity contribution < 1.29 is 14.6 Å². The minimum atomic E-state index is -0.511. The van der Waals surface area contributed by atoms with Gasteiger partial charge in [-0.3, -0.25) is 0 Å². The molecule has 0 unspecified atom stereocenters. The number of fused-ring (bicyclic) bond motifs is 2. The lowest BCUT2D eigenvalue weighted by Crippen LogP contribution is -2.53. The van der Waals surface area contributed by atoms with Gasteiger partial charge in [0.2, 0.25) is 0 Å². The zero-order chi connectivity index (χ0) is 13.1. The molecule has 3 rings (SSSR count). The van der Waals surface area contributed by atoms with Gasteiger partial charge in [-0.1, -0.05) is 26.7 Å². The van der Waals surface area contributed by atoms with Crippen molar-refractivity contribution in [3.8, 4) is 0 Å². The van der Waals surface area contributed by atoms with Gasteiger partial charge < -0.3 is 9.84 Å². The largest absolute Gasteiger partial charge is 0.454 e. The number of hydrogen-bond acceptors (Lipinski definition) is 3. The van der Waals surface area contributed by atoms with Crippen LogP contribution in [0.1, 0.15) is 46.5 Å². The van der Waals surface area contributed by atoms with Gasteiger partial charge in [-0.15, -0.1) is 0 Å². The van der Waals surface area contributed by atoms with Crippen molar-refractivity contribution in [3.05, 3.63) is 11.1 Å². The SMILES string of the molecule is CC1=C2[C@@H](O)[C@@]3(C)[C@@H](CCC[C@@H]3C)C[C@H]2OC1=O. The van der Waals surface area contributed by atoms with E-state index in [4.69, 9.17) is 4.74 Å². The molecule has 0 saturated heterocycles. The van der Waals surface area contributed by atoms with Crippen LogP contribution in [0.15, 0.2) is 11.1 Å². The van der Waals surface area contributed by atoms with Crippen molar-refractivity contribution in [1.82, 2.24) is 0 Å². The van der Waals surface area contributed by atoms with Gasteiger partial charge in [0.05, 0.1) is 6.10 Å². The molecule has 2 aliphatic carbocycles. The summed E-state index contributed by atoms with van der Waals surface area (Å²) in [5.74, 6) is 0.746. The second kappa shape index (κ2) is 3.83. The van der Waals surface area contributed by atoms with E-state index in [2.05, 4.69) is 13.8 Å². The van der Waals surface area contributed by atoms with Crippen molar-refractivity contribution in [2.75, 3.05) is 0 Å². The molecule has 0 spiro atoms. The highest BCUT2D eigenvalue weighted by atomic mass is 16.5. The molecule has 3 nitrogen and oxygen atoms in total. The molecule has 0 bridgehead atoms. The summed E-state index contributed by atoms with van der Waals surface area (Å²) in [6, 6.07) is 0. The van der Waals surface area contributed by atoms with E-state index in [1.807, 2.05) is 0 Å². The summed E-state index contributed by atoms with van der Waals surface area (Å²) in [4.78, 5) is 11.7. The number of carbonyl (C=O) groups excluding carboxylic acids is 1. The molecule has 5 atom stereocenters. The molecule has 1 N–H and O–H groups in total. The molecule has 100 valence electrons. The summed E-state index contributed by atoms with van der Waals surface area (Å²) in [5, 5.41) is 10.8. The maximum atomic E-state index is 11.7. The first-order valence-corrected chi connectivity index (χ1v) is 7.06. The van der Waals surface area contributed by atoms with Gasteiger partial charge in [-0.25, -0.2) is 4.79 Å². The first-order valence-electron chi connectivity index (χ1n) is 7.06. The van der Waals surface area contributed by atoms with Crippen LogP contribution in [-0.2, 0) is 9.53 Å². The van der Waals surface area contributed by atoms with Gasteiger partial charge in [0.1, 0.15) is 6.10 Å². The van der Waals surface area contributed by atoms with Gasteiger partial charge in [-0.2, -0.15) is 0 Å². The molecule has 0 radical (unpaired) electrons. The van der Waals surface area contributed by atoms with E-state index in [1.54, 1.807) is 6.92 Å². The van der Waals surface area contributed by atoms with Gasteiger partial charge in [0.15, 0.2) is 0 Å². The maximum absolute atomic E-state index is 11.7. The van der Waals surface area contributed by atoms with Crippen LogP contribution in [0.3, 0.4) is 0 Å². The number of aliphatic hydroxyl groups is 1. The summed E-state index contributed by atoms with van der Waals surface area (Å²) in [6.45, 7) is 6.23. The molecule has 2 fully saturated rings. The van der Waals surface area contributed by atoms with Crippen LogP contribution in [0.5, 0.6) is 0 Å². The second-order valence-electron chi connectivity index (χ2n) is 6.51. The first kappa shape index (κ1) is 12.2. The summed E-state index contributed by atoms with van der Waals surface area (Å²) in [7, 11) is 0. The lowest BCUT2D eigenvalue weighted by Gasteiger charge is -2.53. The quantitative estimate of drug-likeness (QED) is 0.672. The van der Waals surface area contributed by atoms with Crippen molar-refractivity contribution >= 4 is 5.97 Å². The van der Waals surface area contributed by atoms with Gasteiger partial charge in [0.25, 0.3) is 0 Å². The van der Waals surface area contributed by atoms with Crippen molar-refractivity contribution in [2.24, 2.45) is 17.3 Å². The van der Waals surface area contributed by atoms with Gasteiger partial charge in [-0.05, 0) is 31.6 Å². The molecular formula is C15H22O3. The lowest BCUT2D eigenvalue weighted by molar-refractivity contribution is -0.145. The standard InChI is InChI=1S/C15H22O3/c1-8-5-4-6-10-7-11-12(9(2)14(17)18-11)13(16)15(8,10)3/h8,10-11,13,16H,4-7H2,1-3H3/t8-,10-,11+,13+,15+/m0/s1. The van der Waals surface area contributed by atoms with E-state index in [0.29, 0.717) is 17.4 Å². The van der Waals surface area contributed by atoms with Crippen molar-refractivity contribution in [3.63, 3.8) is 0 Å². The van der Waals surface area contributed by atoms with E-state index in [1.165, 1.54) is 12.8 Å². The molecule has 0 aromatic carbocycles. The topological polar surface area (TPSA) is 46.5 Å². The van der Waals surface area contributed by atoms with Crippen LogP contribution in [0.4, 0.5) is 0 Å². The highest BCUT2D eigenvalue weighted by molar-refractivity contribution is 5.92. The average Bonchev–Trinajstić information content (AvgIpc) is 2.60. The van der Waals surface area contributed by atoms with Crippen molar-refractivity contribution in [2.45, 2.75) is 58.7 Å². The fourth-order valence-corrected chi connectivity index (χ4v) is 4.35. The average molecular weight is 250 g/mol. The molecule has 0 amide bonds. The monoisotopic (exact) mass is 250 g/mol. The molecule has 18 heavy (non-hydrogen) atoms. The third kappa shape index (κ3) is 1.37. The van der Waals surface area contributed by atoms with E-state index in [0.717, 1.165) is 18.4 Å². The fraction of sp³-hybridized carbons (Fsp3) is 0.800. The summed E-state index contributed by atoms with van der Waals surface area (Å²) in [6.07, 6.45) is 3.79. The molecule has 1 heterocycles. The Morgan fingerprint density at radius 2 is 2.11 bits per heavy atom. The summed E-state index contributed by atoms with van der Waals surface area (Å²) >= 11 is 0. The number of aliphatic hydroxyl groups excluding tert-OH is 1. The van der Waals surface area contributed by atoms with E-state index in [9.17, 15) is 9.90 Å². The van der Waals surface area contributed by atoms with Crippen LogP contribution in [-0.4, -0.2) is 23.3 Å². The van der Waals surface area contributed by atoms with Gasteiger partial charge in [0, 0.05) is 16.6 Å². The first-order chi connectivity index (χ1) is 8.46. The Kier molecular flexibility index (Phi) is 2.60. The molecular weight excluding hydrogens is 228 g/mol. The van der Waals surface area contributed by atoms with E-state index in [-0.39, 0.29) is 17.5 Å². The Morgan fingerprint density at radius 3 is 2.83 bits per heavy atom. The molecule has 3 aliphatic rings. The number of esters is 1. The highest BCUT2D eigenvalue weighted by Gasteiger charge is 2.56. The smallest absolute Gasteiger partial charge is 0.334 e. The second-order valence-corrected chi connectivity index (χ2v) is 6.51. The van der Waals surface area contributed by atoms with Crippen LogP contribution >= 0.6 is 0 Å². The molecule has 2 saturated carbocycles. The Morgan fingerprint density at radius 1 is 1.39 bits per heavy atom. The minimum Gasteiger partial charge on any atom is -0.454 e. The molecule has 0 aromatic heterocycles. The molecule has 3 heteroatoms. The number of ether oxygens (including phenoxy) is 1. The number of carbonyl (C=O) groups is 1. The molecule has 1 aliphatic heterocycles. The summed E-state index contributed by atoms with van der Waals surface area (Å²) in [5.41, 5.74) is 1.43. The Balaban J connectivity index is 2.04. The molecule has 0 aromatic rings. The van der Waals surface area contributed by atoms with Crippen LogP contribution in [0.2, 0.25) is 0 Å².